The molecule has 1 aromatic heterocycles. The van der Waals surface area contributed by atoms with Gasteiger partial charge in [0, 0.05) is 16.6 Å². The maximum atomic E-state index is 12.8. The summed E-state index contributed by atoms with van der Waals surface area (Å²) in [4.78, 5) is 27.0. The van der Waals surface area contributed by atoms with Gasteiger partial charge in [-0.3, -0.25) is 9.36 Å². The molecule has 0 bridgehead atoms. The molecule has 0 radical (unpaired) electrons. The van der Waals surface area contributed by atoms with Crippen LogP contribution >= 0.6 is 70.4 Å². The number of aryl methyl sites for hydroxylation is 2. The largest absolute Gasteiger partial charge is 0.495 e. The van der Waals surface area contributed by atoms with Gasteiger partial charge in [-0.2, -0.15) is 5.26 Å². The van der Waals surface area contributed by atoms with Crippen LogP contribution in [0.4, 0.5) is 5.69 Å². The van der Waals surface area contributed by atoms with Crippen LogP contribution in [0.5, 0.6) is 11.5 Å². The van der Waals surface area contributed by atoms with Crippen LogP contribution in [0.25, 0.3) is 16.6 Å². The van der Waals surface area contributed by atoms with E-state index in [0.29, 0.717) is 58.8 Å². The van der Waals surface area contributed by atoms with Crippen molar-refractivity contribution >= 4 is 92.9 Å². The highest BCUT2D eigenvalue weighted by Gasteiger charge is 2.14. The number of aromatic nitrogens is 2. The summed E-state index contributed by atoms with van der Waals surface area (Å²) in [6.45, 7) is 3.81. The first-order valence-corrected chi connectivity index (χ1v) is 15.9. The minimum Gasteiger partial charge on any atom is -0.495 e. The topological polar surface area (TPSA) is 143 Å². The SMILES string of the molecule is COc1cc(-n2c(=S)[nH]c3cc(C)ccc3c2=O)c(Cl)cc1Cl.COc1cc(SC#N)c(Cl)cc1Cl.Cc1ccc(C(=O)O)c(N)c1. The van der Waals surface area contributed by atoms with E-state index in [4.69, 9.17) is 84.2 Å². The molecule has 0 saturated carbocycles. The third kappa shape index (κ3) is 9.35. The van der Waals surface area contributed by atoms with Crippen LogP contribution in [0.3, 0.4) is 0 Å². The fourth-order valence-electron chi connectivity index (χ4n) is 4.07. The predicted molar refractivity (Wildman–Crippen MR) is 193 cm³/mol. The Morgan fingerprint density at radius 2 is 1.49 bits per heavy atom. The Morgan fingerprint density at radius 1 is 0.915 bits per heavy atom. The predicted octanol–water partition coefficient (Wildman–Crippen LogP) is 9.52. The number of hydrogen-bond acceptors (Lipinski definition) is 8. The number of thiocyanates is 1. The van der Waals surface area contributed by atoms with E-state index in [-0.39, 0.29) is 15.9 Å². The molecule has 0 amide bonds. The van der Waals surface area contributed by atoms with Crippen LogP contribution in [0.1, 0.15) is 21.5 Å². The molecule has 0 aliphatic carbocycles. The summed E-state index contributed by atoms with van der Waals surface area (Å²) in [6, 6.07) is 16.7. The number of thioether (sulfide) groups is 1. The zero-order valence-corrected chi connectivity index (χ0v) is 29.8. The third-order valence-corrected chi connectivity index (χ3v) is 8.57. The molecule has 0 aliphatic heterocycles. The fourth-order valence-corrected chi connectivity index (χ4v) is 5.90. The van der Waals surface area contributed by atoms with Gasteiger partial charge < -0.3 is 25.3 Å². The minimum atomic E-state index is -0.984. The number of H-pyrrole nitrogens is 1. The summed E-state index contributed by atoms with van der Waals surface area (Å²) < 4.78 is 11.8. The Kier molecular flexibility index (Phi) is 13.4. The highest BCUT2D eigenvalue weighted by Crippen LogP contribution is 2.36. The Balaban J connectivity index is 0.000000212. The monoisotopic (exact) mass is 750 g/mol. The number of rotatable bonds is 5. The fraction of sp³-hybridized carbons (Fsp3) is 0.125. The number of benzene rings is 4. The third-order valence-electron chi connectivity index (χ3n) is 6.31. The quantitative estimate of drug-likeness (QED) is 0.0692. The number of hydrogen-bond donors (Lipinski definition) is 3. The van der Waals surface area contributed by atoms with Crippen molar-refractivity contribution in [3.63, 3.8) is 0 Å². The number of nitrogen functional groups attached to an aromatic ring is 1. The van der Waals surface area contributed by atoms with Crippen molar-refractivity contribution in [2.75, 3.05) is 20.0 Å². The molecule has 1 heterocycles. The lowest BCUT2D eigenvalue weighted by atomic mass is 10.1. The summed E-state index contributed by atoms with van der Waals surface area (Å²) in [6.07, 6.45) is 0. The van der Waals surface area contributed by atoms with Gasteiger partial charge in [0.25, 0.3) is 5.56 Å². The van der Waals surface area contributed by atoms with Gasteiger partial charge in [0.2, 0.25) is 0 Å². The van der Waals surface area contributed by atoms with E-state index in [1.54, 1.807) is 36.4 Å². The molecule has 0 spiro atoms. The van der Waals surface area contributed by atoms with Crippen molar-refractivity contribution < 1.29 is 19.4 Å². The molecule has 4 N–H and O–H groups in total. The number of nitrogens with two attached hydrogens (primary N) is 1. The summed E-state index contributed by atoms with van der Waals surface area (Å²) in [5, 5.41) is 21.1. The van der Waals surface area contributed by atoms with Crippen molar-refractivity contribution in [2.45, 2.75) is 18.7 Å². The maximum absolute atomic E-state index is 12.8. The Labute approximate surface area is 299 Å². The van der Waals surface area contributed by atoms with Crippen LogP contribution in [0, 0.1) is 29.3 Å². The van der Waals surface area contributed by atoms with E-state index >= 15 is 0 Å². The number of carbonyl (C=O) groups is 1. The van der Waals surface area contributed by atoms with E-state index in [1.807, 2.05) is 31.4 Å². The molecule has 47 heavy (non-hydrogen) atoms. The zero-order chi connectivity index (χ0) is 35.0. The maximum Gasteiger partial charge on any atom is 0.337 e. The van der Waals surface area contributed by atoms with Crippen LogP contribution in [0.15, 0.2) is 70.4 Å². The Bertz CT molecular complexity index is 2130. The van der Waals surface area contributed by atoms with E-state index in [9.17, 15) is 9.59 Å². The molecule has 0 fully saturated rings. The number of halogens is 4. The smallest absolute Gasteiger partial charge is 0.337 e. The van der Waals surface area contributed by atoms with E-state index in [0.717, 1.165) is 22.9 Å². The van der Waals surface area contributed by atoms with Crippen molar-refractivity contribution in [3.05, 3.63) is 113 Å². The zero-order valence-electron chi connectivity index (χ0n) is 25.2. The molecule has 4 aromatic carbocycles. The Morgan fingerprint density at radius 3 is 2.06 bits per heavy atom. The number of carboxylic acids is 1. The second-order valence-corrected chi connectivity index (χ2v) is 12.4. The molecule has 0 atom stereocenters. The number of methoxy groups -OCH3 is 2. The number of fused-ring (bicyclic) bond motifs is 1. The lowest BCUT2D eigenvalue weighted by Gasteiger charge is -2.12. The van der Waals surface area contributed by atoms with Crippen molar-refractivity contribution in [3.8, 4) is 22.6 Å². The van der Waals surface area contributed by atoms with E-state index in [1.165, 1.54) is 30.9 Å². The number of nitriles is 1. The molecule has 0 aliphatic rings. The van der Waals surface area contributed by atoms with Gasteiger partial charge in [-0.1, -0.05) is 58.5 Å². The number of nitrogens with zero attached hydrogens (tertiary/aromatic N) is 2. The summed E-state index contributed by atoms with van der Waals surface area (Å²) in [5.41, 5.74) is 8.77. The summed E-state index contributed by atoms with van der Waals surface area (Å²) >= 11 is 30.2. The van der Waals surface area contributed by atoms with E-state index in [2.05, 4.69) is 4.98 Å². The molecule has 0 saturated heterocycles. The molecule has 244 valence electrons. The number of aromatic carboxylic acids is 1. The van der Waals surface area contributed by atoms with Gasteiger partial charge in [-0.05, 0) is 91.4 Å². The Hall–Kier alpha value is -3.89. The summed E-state index contributed by atoms with van der Waals surface area (Å²) in [5.74, 6) is -0.0531. The first-order chi connectivity index (χ1) is 22.2. The first kappa shape index (κ1) is 37.6. The molecule has 0 unspecified atom stereocenters. The van der Waals surface area contributed by atoms with Crippen molar-refractivity contribution in [1.82, 2.24) is 9.55 Å². The van der Waals surface area contributed by atoms with Crippen LogP contribution in [-0.4, -0.2) is 34.8 Å². The number of anilines is 1. The van der Waals surface area contributed by atoms with Gasteiger partial charge >= 0.3 is 5.97 Å². The van der Waals surface area contributed by atoms with Crippen molar-refractivity contribution in [2.24, 2.45) is 0 Å². The van der Waals surface area contributed by atoms with Crippen LogP contribution in [-0.2, 0) is 0 Å². The van der Waals surface area contributed by atoms with Gasteiger partial charge in [0.1, 0.15) is 16.9 Å². The number of ether oxygens (including phenoxy) is 2. The van der Waals surface area contributed by atoms with E-state index < -0.39 is 5.97 Å². The first-order valence-electron chi connectivity index (χ1n) is 13.2. The highest BCUT2D eigenvalue weighted by atomic mass is 35.5. The lowest BCUT2D eigenvalue weighted by Crippen LogP contribution is -2.21. The van der Waals surface area contributed by atoms with Crippen molar-refractivity contribution in [1.29, 1.82) is 5.26 Å². The standard InChI is InChI=1S/C16H12Cl2N2O2S.C8H5Cl2NOS.C8H9NO2/c1-8-3-4-9-12(5-8)19-16(23)20(15(9)21)13-7-14(22-2)11(18)6-10(13)17;1-12-7-3-8(13-4-11)6(10)2-5(7)9;1-5-2-3-6(8(10)11)7(9)4-5/h3-7H,1-2H3,(H,19,23);2-3H,1H3;2-4H,9H2,1H3,(H,10,11). The van der Waals surface area contributed by atoms with Gasteiger partial charge in [-0.25, -0.2) is 4.79 Å². The number of nitrogens with one attached hydrogen (secondary N) is 1. The summed E-state index contributed by atoms with van der Waals surface area (Å²) in [7, 11) is 3.00. The van der Waals surface area contributed by atoms with Gasteiger partial charge in [0.15, 0.2) is 4.77 Å². The van der Waals surface area contributed by atoms with Crippen LogP contribution in [0.2, 0.25) is 20.1 Å². The molecule has 15 heteroatoms. The normalized spacial score (nSPS) is 10.2. The second-order valence-electron chi connectivity index (χ2n) is 9.56. The molecule has 5 aromatic rings. The highest BCUT2D eigenvalue weighted by molar-refractivity contribution is 8.03. The average molecular weight is 753 g/mol. The average Bonchev–Trinajstić information content (AvgIpc) is 3.00. The van der Waals surface area contributed by atoms with Gasteiger partial charge in [-0.15, -0.1) is 0 Å². The second kappa shape index (κ2) is 16.8. The van der Waals surface area contributed by atoms with Gasteiger partial charge in [0.05, 0.1) is 56.5 Å². The molecular formula is C32H26Cl4N4O5S2. The number of aromatic amines is 1. The number of carboxylic acid groups (broad SMARTS) is 1. The molecular weight excluding hydrogens is 726 g/mol. The molecule has 5 rings (SSSR count). The minimum absolute atomic E-state index is 0.163. The molecule has 9 nitrogen and oxygen atoms in total. The van der Waals surface area contributed by atoms with Crippen LogP contribution < -0.4 is 20.8 Å². The lowest BCUT2D eigenvalue weighted by molar-refractivity contribution is 0.0698.